The fraction of sp³-hybridized carbons (Fsp3) is 0.263. The number of ketones is 1. The van der Waals surface area contributed by atoms with Crippen molar-refractivity contribution in [2.75, 3.05) is 23.7 Å². The molecule has 1 unspecified atom stereocenters. The van der Waals surface area contributed by atoms with Gasteiger partial charge in [-0.25, -0.2) is 0 Å². The predicted octanol–water partition coefficient (Wildman–Crippen LogP) is 2.85. The van der Waals surface area contributed by atoms with Crippen LogP contribution >= 0.6 is 11.6 Å². The maximum Gasteiger partial charge on any atom is 0.222 e. The summed E-state index contributed by atoms with van der Waals surface area (Å²) in [6.45, 7) is 1.29. The summed E-state index contributed by atoms with van der Waals surface area (Å²) in [4.78, 5) is 26.6. The van der Waals surface area contributed by atoms with E-state index in [-0.39, 0.29) is 17.6 Å². The number of carbonyl (C=O) groups excluding carboxylic acids is 2. The number of hydrogen-bond donors (Lipinski definition) is 2. The number of piperidine rings is 1. The Balaban J connectivity index is 1.96. The van der Waals surface area contributed by atoms with Gasteiger partial charge in [-0.1, -0.05) is 11.6 Å². The number of hydrogen-bond acceptors (Lipinski definition) is 4. The van der Waals surface area contributed by atoms with Crippen LogP contribution < -0.4 is 16.4 Å². The van der Waals surface area contributed by atoms with E-state index in [0.29, 0.717) is 28.4 Å². The average molecular weight is 358 g/mol. The number of halogens is 1. The van der Waals surface area contributed by atoms with Crippen molar-refractivity contribution in [1.29, 1.82) is 0 Å². The molecular formula is C19H20ClN3O2. The highest BCUT2D eigenvalue weighted by atomic mass is 35.5. The average Bonchev–Trinajstić information content (AvgIpc) is 2.62. The second-order valence-electron chi connectivity index (χ2n) is 6.30. The first kappa shape index (κ1) is 17.3. The van der Waals surface area contributed by atoms with Gasteiger partial charge in [0.2, 0.25) is 5.91 Å². The molecule has 0 aromatic heterocycles. The van der Waals surface area contributed by atoms with Crippen LogP contribution in [0.25, 0.3) is 0 Å². The van der Waals surface area contributed by atoms with Gasteiger partial charge in [0.1, 0.15) is 0 Å². The molecule has 3 rings (SSSR count). The zero-order valence-corrected chi connectivity index (χ0v) is 14.5. The van der Waals surface area contributed by atoms with Crippen LogP contribution in [-0.4, -0.2) is 24.8 Å². The molecule has 2 aromatic rings. The minimum absolute atomic E-state index is 0.125. The van der Waals surface area contributed by atoms with Gasteiger partial charge in [-0.15, -0.1) is 0 Å². The van der Waals surface area contributed by atoms with E-state index in [0.717, 1.165) is 25.1 Å². The highest BCUT2D eigenvalue weighted by molar-refractivity contribution is 6.30. The third-order valence-electron chi connectivity index (χ3n) is 4.54. The van der Waals surface area contributed by atoms with Crippen molar-refractivity contribution in [3.05, 3.63) is 58.6 Å². The van der Waals surface area contributed by atoms with Crippen LogP contribution in [0.5, 0.6) is 0 Å². The Hall–Kier alpha value is -2.53. The summed E-state index contributed by atoms with van der Waals surface area (Å²) < 4.78 is 0. The van der Waals surface area contributed by atoms with Crippen molar-refractivity contribution in [3.63, 3.8) is 0 Å². The first-order valence-electron chi connectivity index (χ1n) is 8.20. The molecular weight excluding hydrogens is 338 g/mol. The summed E-state index contributed by atoms with van der Waals surface area (Å²) in [6.07, 6.45) is 1.63. The number of amides is 1. The van der Waals surface area contributed by atoms with Gasteiger partial charge >= 0.3 is 0 Å². The number of nitrogens with two attached hydrogens (primary N) is 2. The zero-order chi connectivity index (χ0) is 18.0. The predicted molar refractivity (Wildman–Crippen MR) is 99.9 cm³/mol. The van der Waals surface area contributed by atoms with Gasteiger partial charge in [0.15, 0.2) is 5.78 Å². The Labute approximate surface area is 151 Å². The van der Waals surface area contributed by atoms with E-state index < -0.39 is 0 Å². The molecule has 130 valence electrons. The second-order valence-corrected chi connectivity index (χ2v) is 6.74. The molecule has 0 aliphatic carbocycles. The van der Waals surface area contributed by atoms with Gasteiger partial charge in [0, 0.05) is 40.6 Å². The van der Waals surface area contributed by atoms with Crippen molar-refractivity contribution < 1.29 is 9.59 Å². The van der Waals surface area contributed by atoms with Crippen LogP contribution in [0.4, 0.5) is 11.4 Å². The molecule has 4 N–H and O–H groups in total. The third kappa shape index (κ3) is 3.77. The van der Waals surface area contributed by atoms with Gasteiger partial charge < -0.3 is 16.4 Å². The molecule has 1 fully saturated rings. The molecule has 2 aromatic carbocycles. The van der Waals surface area contributed by atoms with E-state index in [1.807, 2.05) is 11.0 Å². The highest BCUT2D eigenvalue weighted by Gasteiger charge is 2.27. The number of carbonyl (C=O) groups is 2. The molecule has 1 aliphatic heterocycles. The molecule has 0 bridgehead atoms. The molecule has 1 aliphatic rings. The number of anilines is 2. The highest BCUT2D eigenvalue weighted by Crippen LogP contribution is 2.30. The summed E-state index contributed by atoms with van der Waals surface area (Å²) in [7, 11) is 0. The molecule has 6 heteroatoms. The second kappa shape index (κ2) is 7.15. The summed E-state index contributed by atoms with van der Waals surface area (Å²) in [5, 5.41) is 0.574. The van der Waals surface area contributed by atoms with Gasteiger partial charge in [-0.3, -0.25) is 9.59 Å². The lowest BCUT2D eigenvalue weighted by Crippen LogP contribution is -2.41. The van der Waals surface area contributed by atoms with Crippen molar-refractivity contribution in [1.82, 2.24) is 0 Å². The Kier molecular flexibility index (Phi) is 4.95. The Morgan fingerprint density at radius 2 is 1.84 bits per heavy atom. The van der Waals surface area contributed by atoms with Crippen molar-refractivity contribution in [2.45, 2.75) is 12.8 Å². The van der Waals surface area contributed by atoms with Crippen molar-refractivity contribution >= 4 is 34.7 Å². The molecule has 0 saturated carbocycles. The van der Waals surface area contributed by atoms with Crippen LogP contribution in [0.3, 0.4) is 0 Å². The summed E-state index contributed by atoms with van der Waals surface area (Å²) in [6, 6.07) is 12.0. The lowest BCUT2D eigenvalue weighted by atomic mass is 9.94. The molecule has 0 radical (unpaired) electrons. The van der Waals surface area contributed by atoms with Crippen molar-refractivity contribution in [3.8, 4) is 0 Å². The van der Waals surface area contributed by atoms with E-state index >= 15 is 0 Å². The normalized spacial score (nSPS) is 17.3. The fourth-order valence-electron chi connectivity index (χ4n) is 3.20. The van der Waals surface area contributed by atoms with Crippen LogP contribution in [0.1, 0.15) is 28.8 Å². The largest absolute Gasteiger partial charge is 0.399 e. The van der Waals surface area contributed by atoms with E-state index in [9.17, 15) is 9.59 Å². The van der Waals surface area contributed by atoms with E-state index in [4.69, 9.17) is 23.1 Å². The maximum absolute atomic E-state index is 13.0. The first-order chi connectivity index (χ1) is 12.0. The number of nitrogen functional groups attached to an aromatic ring is 1. The van der Waals surface area contributed by atoms with Gasteiger partial charge in [0.25, 0.3) is 0 Å². The fourth-order valence-corrected chi connectivity index (χ4v) is 3.32. The van der Waals surface area contributed by atoms with Gasteiger partial charge in [-0.05, 0) is 55.3 Å². The number of rotatable bonds is 4. The first-order valence-corrected chi connectivity index (χ1v) is 8.57. The minimum atomic E-state index is -0.300. The van der Waals surface area contributed by atoms with Crippen LogP contribution in [0.15, 0.2) is 42.5 Å². The summed E-state index contributed by atoms with van der Waals surface area (Å²) in [5.41, 5.74) is 13.7. The number of nitrogens with zero attached hydrogens (tertiary/aromatic N) is 1. The Morgan fingerprint density at radius 3 is 2.52 bits per heavy atom. The standard InChI is InChI=1S/C19H20ClN3O2/c20-14-5-3-12(4-6-14)18(24)16-10-15(21)7-8-17(16)23-9-1-2-13(11-23)19(22)25/h3-8,10,13H,1-2,9,11,21H2,(H2,22,25). The topological polar surface area (TPSA) is 89.4 Å². The van der Waals surface area contributed by atoms with Crippen LogP contribution in [0.2, 0.25) is 5.02 Å². The molecule has 1 saturated heterocycles. The molecule has 25 heavy (non-hydrogen) atoms. The van der Waals surface area contributed by atoms with Crippen LogP contribution in [0, 0.1) is 5.92 Å². The van der Waals surface area contributed by atoms with E-state index in [1.54, 1.807) is 36.4 Å². The SMILES string of the molecule is NC(=O)C1CCCN(c2ccc(N)cc2C(=O)c2ccc(Cl)cc2)C1. The molecule has 0 spiro atoms. The quantitative estimate of drug-likeness (QED) is 0.650. The number of primary amides is 1. The van der Waals surface area contributed by atoms with Gasteiger partial charge in [-0.2, -0.15) is 0 Å². The van der Waals surface area contributed by atoms with Crippen molar-refractivity contribution in [2.24, 2.45) is 11.7 Å². The Bertz CT molecular complexity index is 805. The summed E-state index contributed by atoms with van der Waals surface area (Å²) >= 11 is 5.90. The third-order valence-corrected chi connectivity index (χ3v) is 4.79. The smallest absolute Gasteiger partial charge is 0.222 e. The minimum Gasteiger partial charge on any atom is -0.399 e. The monoisotopic (exact) mass is 357 g/mol. The zero-order valence-electron chi connectivity index (χ0n) is 13.7. The number of benzene rings is 2. The van der Waals surface area contributed by atoms with Gasteiger partial charge in [0.05, 0.1) is 5.92 Å². The molecule has 1 atom stereocenters. The molecule has 1 amide bonds. The van der Waals surface area contributed by atoms with E-state index in [2.05, 4.69) is 0 Å². The maximum atomic E-state index is 13.0. The summed E-state index contributed by atoms with van der Waals surface area (Å²) in [5.74, 6) is -0.629. The lowest BCUT2D eigenvalue weighted by Gasteiger charge is -2.34. The molecule has 5 nitrogen and oxygen atoms in total. The lowest BCUT2D eigenvalue weighted by molar-refractivity contribution is -0.122. The van der Waals surface area contributed by atoms with Crippen LogP contribution in [-0.2, 0) is 4.79 Å². The van der Waals surface area contributed by atoms with E-state index in [1.165, 1.54) is 0 Å². The molecule has 1 heterocycles. The Morgan fingerprint density at radius 1 is 1.12 bits per heavy atom.